The maximum absolute atomic E-state index is 12.8. The minimum atomic E-state index is -0.692. The van der Waals surface area contributed by atoms with Gasteiger partial charge in [0, 0.05) is 6.54 Å². The predicted octanol–water partition coefficient (Wildman–Crippen LogP) is 2.07. The van der Waals surface area contributed by atoms with E-state index in [9.17, 15) is 9.18 Å². The van der Waals surface area contributed by atoms with Crippen LogP contribution in [0.4, 0.5) is 4.39 Å². The Bertz CT molecular complexity index is 400. The Kier molecular flexibility index (Phi) is 3.88. The normalized spacial score (nSPS) is 12.1. The molecule has 0 saturated heterocycles. The van der Waals surface area contributed by atoms with Crippen molar-refractivity contribution in [1.82, 2.24) is 14.3 Å². The van der Waals surface area contributed by atoms with E-state index in [0.29, 0.717) is 6.54 Å². The summed E-state index contributed by atoms with van der Waals surface area (Å²) in [7, 11) is 0. The standard InChI is InChI=1S/C11H20FN3O/c1-5-6-7-14-9(8-12)13-15(10(14)16)11(2,3)4/h5-8H2,1-4H3. The van der Waals surface area contributed by atoms with E-state index < -0.39 is 12.2 Å². The van der Waals surface area contributed by atoms with Gasteiger partial charge < -0.3 is 0 Å². The molecule has 16 heavy (non-hydrogen) atoms. The Morgan fingerprint density at radius 2 is 2.00 bits per heavy atom. The maximum Gasteiger partial charge on any atom is 0.346 e. The van der Waals surface area contributed by atoms with Gasteiger partial charge in [-0.15, -0.1) is 0 Å². The molecular weight excluding hydrogens is 209 g/mol. The van der Waals surface area contributed by atoms with Crippen LogP contribution < -0.4 is 5.69 Å². The van der Waals surface area contributed by atoms with Gasteiger partial charge in [0.25, 0.3) is 0 Å². The average molecular weight is 229 g/mol. The number of nitrogens with zero attached hydrogens (tertiary/aromatic N) is 3. The Labute approximate surface area is 95.1 Å². The second-order valence-corrected chi connectivity index (χ2v) is 4.92. The third kappa shape index (κ3) is 2.51. The molecule has 0 aliphatic rings. The Balaban J connectivity index is 3.17. The van der Waals surface area contributed by atoms with E-state index in [1.807, 2.05) is 27.7 Å². The largest absolute Gasteiger partial charge is 0.346 e. The molecule has 0 aromatic carbocycles. The number of halogens is 1. The zero-order chi connectivity index (χ0) is 12.3. The fourth-order valence-corrected chi connectivity index (χ4v) is 1.51. The van der Waals surface area contributed by atoms with E-state index in [1.165, 1.54) is 9.25 Å². The molecule has 0 fully saturated rings. The maximum atomic E-state index is 12.8. The van der Waals surface area contributed by atoms with E-state index in [2.05, 4.69) is 5.10 Å². The highest BCUT2D eigenvalue weighted by Gasteiger charge is 2.21. The first-order valence-electron chi connectivity index (χ1n) is 5.67. The molecule has 4 nitrogen and oxygen atoms in total. The van der Waals surface area contributed by atoms with Gasteiger partial charge in [0.2, 0.25) is 0 Å². The van der Waals surface area contributed by atoms with Crippen molar-refractivity contribution >= 4 is 0 Å². The van der Waals surface area contributed by atoms with Crippen molar-refractivity contribution in [3.63, 3.8) is 0 Å². The van der Waals surface area contributed by atoms with E-state index in [0.717, 1.165) is 12.8 Å². The summed E-state index contributed by atoms with van der Waals surface area (Å²) < 4.78 is 15.6. The van der Waals surface area contributed by atoms with Crippen LogP contribution in [0.25, 0.3) is 0 Å². The lowest BCUT2D eigenvalue weighted by Crippen LogP contribution is -2.35. The number of hydrogen-bond acceptors (Lipinski definition) is 2. The summed E-state index contributed by atoms with van der Waals surface area (Å²) in [6.07, 6.45) is 1.83. The van der Waals surface area contributed by atoms with Crippen LogP contribution in [0.1, 0.15) is 46.4 Å². The average Bonchev–Trinajstić information content (AvgIpc) is 2.51. The first kappa shape index (κ1) is 12.9. The van der Waals surface area contributed by atoms with Crippen LogP contribution in [0.3, 0.4) is 0 Å². The summed E-state index contributed by atoms with van der Waals surface area (Å²) in [5.74, 6) is 0.230. The second-order valence-electron chi connectivity index (χ2n) is 4.92. The van der Waals surface area contributed by atoms with Gasteiger partial charge in [0.1, 0.15) is 6.67 Å². The minimum absolute atomic E-state index is 0.214. The highest BCUT2D eigenvalue weighted by molar-refractivity contribution is 4.89. The molecular formula is C11H20FN3O. The molecule has 5 heteroatoms. The van der Waals surface area contributed by atoms with Crippen molar-refractivity contribution in [3.05, 3.63) is 16.3 Å². The number of hydrogen-bond donors (Lipinski definition) is 0. The van der Waals surface area contributed by atoms with Gasteiger partial charge in [0.15, 0.2) is 5.82 Å². The SMILES string of the molecule is CCCCn1c(CF)nn(C(C)(C)C)c1=O. The van der Waals surface area contributed by atoms with Crippen molar-refractivity contribution < 1.29 is 4.39 Å². The molecule has 0 unspecified atom stereocenters. The topological polar surface area (TPSA) is 39.8 Å². The molecule has 1 aromatic rings. The van der Waals surface area contributed by atoms with Gasteiger partial charge in [-0.3, -0.25) is 4.57 Å². The third-order valence-electron chi connectivity index (χ3n) is 2.43. The van der Waals surface area contributed by atoms with Gasteiger partial charge in [-0.25, -0.2) is 13.9 Å². The van der Waals surface area contributed by atoms with E-state index in [-0.39, 0.29) is 11.5 Å². The molecule has 1 rings (SSSR count). The molecule has 1 heterocycles. The van der Waals surface area contributed by atoms with Crippen molar-refractivity contribution in [2.24, 2.45) is 0 Å². The summed E-state index contributed by atoms with van der Waals surface area (Å²) in [4.78, 5) is 12.0. The predicted molar refractivity (Wildman–Crippen MR) is 61.2 cm³/mol. The second kappa shape index (κ2) is 4.80. The summed E-state index contributed by atoms with van der Waals surface area (Å²) in [6, 6.07) is 0. The molecule has 0 bridgehead atoms. The lowest BCUT2D eigenvalue weighted by Gasteiger charge is -2.16. The van der Waals surface area contributed by atoms with Crippen molar-refractivity contribution in [1.29, 1.82) is 0 Å². The first-order chi connectivity index (χ1) is 7.41. The number of alkyl halides is 1. The Morgan fingerprint density at radius 3 is 2.44 bits per heavy atom. The highest BCUT2D eigenvalue weighted by Crippen LogP contribution is 2.10. The van der Waals surface area contributed by atoms with Crippen LogP contribution in [0.15, 0.2) is 4.79 Å². The van der Waals surface area contributed by atoms with Gasteiger partial charge in [-0.2, -0.15) is 5.10 Å². The molecule has 0 radical (unpaired) electrons. The lowest BCUT2D eigenvalue weighted by molar-refractivity contribution is 0.337. The van der Waals surface area contributed by atoms with Gasteiger partial charge in [-0.1, -0.05) is 13.3 Å². The first-order valence-corrected chi connectivity index (χ1v) is 5.67. The van der Waals surface area contributed by atoms with Crippen molar-refractivity contribution in [2.45, 2.75) is 59.3 Å². The molecule has 92 valence electrons. The van der Waals surface area contributed by atoms with Crippen LogP contribution in [0.2, 0.25) is 0 Å². The Hall–Kier alpha value is -1.13. The van der Waals surface area contributed by atoms with Crippen LogP contribution in [-0.2, 0) is 18.8 Å². The van der Waals surface area contributed by atoms with E-state index >= 15 is 0 Å². The van der Waals surface area contributed by atoms with Crippen LogP contribution in [0.5, 0.6) is 0 Å². The highest BCUT2D eigenvalue weighted by atomic mass is 19.1. The zero-order valence-electron chi connectivity index (χ0n) is 10.5. The minimum Gasteiger partial charge on any atom is -0.277 e. The van der Waals surface area contributed by atoms with Crippen molar-refractivity contribution in [2.75, 3.05) is 0 Å². The summed E-state index contributed by atoms with van der Waals surface area (Å²) in [6.45, 7) is 7.54. The summed E-state index contributed by atoms with van der Waals surface area (Å²) in [5, 5.41) is 4.04. The van der Waals surface area contributed by atoms with E-state index in [1.54, 1.807) is 0 Å². The number of aromatic nitrogens is 3. The summed E-state index contributed by atoms with van der Waals surface area (Å²) in [5.41, 5.74) is -0.619. The monoisotopic (exact) mass is 229 g/mol. The lowest BCUT2D eigenvalue weighted by atomic mass is 10.1. The fraction of sp³-hybridized carbons (Fsp3) is 0.818. The molecule has 0 aliphatic heterocycles. The van der Waals surface area contributed by atoms with Crippen LogP contribution >= 0.6 is 0 Å². The van der Waals surface area contributed by atoms with Crippen LogP contribution in [0, 0.1) is 0 Å². The fourth-order valence-electron chi connectivity index (χ4n) is 1.51. The van der Waals surface area contributed by atoms with E-state index in [4.69, 9.17) is 0 Å². The molecule has 0 atom stereocenters. The molecule has 0 aliphatic carbocycles. The van der Waals surface area contributed by atoms with Crippen LogP contribution in [-0.4, -0.2) is 14.3 Å². The van der Waals surface area contributed by atoms with Crippen molar-refractivity contribution in [3.8, 4) is 0 Å². The molecule has 1 aromatic heterocycles. The summed E-state index contributed by atoms with van der Waals surface area (Å²) >= 11 is 0. The number of unbranched alkanes of at least 4 members (excludes halogenated alkanes) is 1. The number of rotatable bonds is 4. The molecule has 0 amide bonds. The zero-order valence-corrected chi connectivity index (χ0v) is 10.5. The third-order valence-corrected chi connectivity index (χ3v) is 2.43. The Morgan fingerprint density at radius 1 is 1.38 bits per heavy atom. The van der Waals surface area contributed by atoms with Gasteiger partial charge >= 0.3 is 5.69 Å². The quantitative estimate of drug-likeness (QED) is 0.793. The molecule has 0 spiro atoms. The molecule has 0 N–H and O–H groups in total. The van der Waals surface area contributed by atoms with Gasteiger partial charge in [0.05, 0.1) is 5.54 Å². The smallest absolute Gasteiger partial charge is 0.277 e. The molecule has 0 saturated carbocycles. The van der Waals surface area contributed by atoms with Gasteiger partial charge in [-0.05, 0) is 27.2 Å².